The number of piperidine rings is 1. The van der Waals surface area contributed by atoms with E-state index in [1.54, 1.807) is 7.11 Å². The minimum atomic E-state index is 0.498. The van der Waals surface area contributed by atoms with E-state index < -0.39 is 0 Å². The van der Waals surface area contributed by atoms with Crippen molar-refractivity contribution in [1.29, 1.82) is 0 Å². The number of ether oxygens (including phenoxy) is 1. The van der Waals surface area contributed by atoms with E-state index in [9.17, 15) is 0 Å². The zero-order valence-corrected chi connectivity index (χ0v) is 9.45. The van der Waals surface area contributed by atoms with Crippen LogP contribution >= 0.6 is 0 Å². The van der Waals surface area contributed by atoms with Gasteiger partial charge < -0.3 is 9.64 Å². The van der Waals surface area contributed by atoms with Gasteiger partial charge in [0, 0.05) is 19.2 Å². The lowest BCUT2D eigenvalue weighted by molar-refractivity contribution is -0.0274. The number of hydrogen-bond donors (Lipinski definition) is 1. The van der Waals surface area contributed by atoms with Gasteiger partial charge in [0.25, 0.3) is 0 Å². The normalized spacial score (nSPS) is 29.4. The van der Waals surface area contributed by atoms with Crippen LogP contribution in [-0.4, -0.2) is 50.9 Å². The van der Waals surface area contributed by atoms with Crippen molar-refractivity contribution in [3.8, 4) is 0 Å². The molecule has 84 valence electrons. The first-order valence-electron chi connectivity index (χ1n) is 5.30. The number of likely N-dealkylation sites (tertiary alicyclic amines) is 1. The molecule has 0 aliphatic carbocycles. The summed E-state index contributed by atoms with van der Waals surface area (Å²) in [6.45, 7) is 4.67. The maximum Gasteiger partial charge on any atom is 0.0915 e. The number of rotatable bonds is 5. The van der Waals surface area contributed by atoms with Crippen molar-refractivity contribution in [1.82, 2.24) is 10.4 Å². The van der Waals surface area contributed by atoms with Crippen molar-refractivity contribution >= 4 is 0 Å². The third-order valence-electron chi connectivity index (χ3n) is 2.85. The smallest absolute Gasteiger partial charge is 0.0915 e. The van der Waals surface area contributed by atoms with E-state index >= 15 is 0 Å². The van der Waals surface area contributed by atoms with Gasteiger partial charge in [-0.2, -0.15) is 5.48 Å². The molecule has 1 aliphatic heterocycles. The molecule has 1 aliphatic rings. The Kier molecular flexibility index (Phi) is 5.40. The zero-order chi connectivity index (χ0) is 10.4. The Morgan fingerprint density at radius 1 is 1.43 bits per heavy atom. The first-order valence-corrected chi connectivity index (χ1v) is 5.30. The SMILES string of the molecule is COCCONC1CCN(C)C(C)C1. The molecule has 14 heavy (non-hydrogen) atoms. The monoisotopic (exact) mass is 202 g/mol. The van der Waals surface area contributed by atoms with E-state index in [1.165, 1.54) is 0 Å². The maximum atomic E-state index is 5.30. The summed E-state index contributed by atoms with van der Waals surface area (Å²) < 4.78 is 4.90. The number of methoxy groups -OCH3 is 1. The summed E-state index contributed by atoms with van der Waals surface area (Å²) in [4.78, 5) is 7.69. The predicted molar refractivity (Wildman–Crippen MR) is 56.1 cm³/mol. The Morgan fingerprint density at radius 2 is 2.21 bits per heavy atom. The molecule has 4 heteroatoms. The average Bonchev–Trinajstić information content (AvgIpc) is 2.18. The molecule has 1 N–H and O–H groups in total. The van der Waals surface area contributed by atoms with Crippen LogP contribution in [0.15, 0.2) is 0 Å². The summed E-state index contributed by atoms with van der Waals surface area (Å²) in [5.41, 5.74) is 3.10. The molecule has 2 atom stereocenters. The van der Waals surface area contributed by atoms with Gasteiger partial charge in [0.05, 0.1) is 13.2 Å². The highest BCUT2D eigenvalue weighted by atomic mass is 16.7. The molecule has 1 saturated heterocycles. The van der Waals surface area contributed by atoms with Crippen LogP contribution in [0.4, 0.5) is 0 Å². The summed E-state index contributed by atoms with van der Waals surface area (Å²) >= 11 is 0. The van der Waals surface area contributed by atoms with E-state index in [4.69, 9.17) is 9.57 Å². The highest BCUT2D eigenvalue weighted by molar-refractivity contribution is 4.78. The third-order valence-corrected chi connectivity index (χ3v) is 2.85. The fourth-order valence-corrected chi connectivity index (χ4v) is 1.70. The van der Waals surface area contributed by atoms with Gasteiger partial charge in [-0.3, -0.25) is 4.84 Å². The average molecular weight is 202 g/mol. The molecule has 0 bridgehead atoms. The molecule has 0 aromatic heterocycles. The molecule has 0 saturated carbocycles. The van der Waals surface area contributed by atoms with Gasteiger partial charge in [0.15, 0.2) is 0 Å². The zero-order valence-electron chi connectivity index (χ0n) is 9.45. The minimum absolute atomic E-state index is 0.498. The Balaban J connectivity index is 2.07. The van der Waals surface area contributed by atoms with Gasteiger partial charge in [-0.1, -0.05) is 0 Å². The standard InChI is InChI=1S/C10H22N2O2/c1-9-8-10(4-5-12(9)2)11-14-7-6-13-3/h9-11H,4-8H2,1-3H3. The lowest BCUT2D eigenvalue weighted by Crippen LogP contribution is -2.45. The predicted octanol–water partition coefficient (Wildman–Crippen LogP) is 0.637. The van der Waals surface area contributed by atoms with Crippen molar-refractivity contribution < 1.29 is 9.57 Å². The van der Waals surface area contributed by atoms with Crippen LogP contribution in [0, 0.1) is 0 Å². The molecule has 2 unspecified atom stereocenters. The number of hydroxylamine groups is 1. The topological polar surface area (TPSA) is 33.7 Å². The fourth-order valence-electron chi connectivity index (χ4n) is 1.70. The molecule has 0 spiro atoms. The van der Waals surface area contributed by atoms with E-state index in [0.717, 1.165) is 19.4 Å². The Hall–Kier alpha value is -0.160. The molecule has 1 rings (SSSR count). The van der Waals surface area contributed by atoms with Crippen molar-refractivity contribution in [2.75, 3.05) is 33.9 Å². The molecule has 0 aromatic rings. The number of nitrogens with one attached hydrogen (secondary N) is 1. The van der Waals surface area contributed by atoms with Crippen LogP contribution in [0.3, 0.4) is 0 Å². The lowest BCUT2D eigenvalue weighted by Gasteiger charge is -2.34. The van der Waals surface area contributed by atoms with Crippen molar-refractivity contribution in [3.05, 3.63) is 0 Å². The van der Waals surface area contributed by atoms with Crippen LogP contribution in [0.25, 0.3) is 0 Å². The summed E-state index contributed by atoms with van der Waals surface area (Å²) in [7, 11) is 3.85. The second kappa shape index (κ2) is 6.35. The van der Waals surface area contributed by atoms with E-state index in [2.05, 4.69) is 24.4 Å². The van der Waals surface area contributed by atoms with E-state index in [0.29, 0.717) is 25.3 Å². The quantitative estimate of drug-likeness (QED) is 0.524. The molecule has 0 aromatic carbocycles. The summed E-state index contributed by atoms with van der Waals surface area (Å²) in [6, 6.07) is 1.14. The maximum absolute atomic E-state index is 5.30. The summed E-state index contributed by atoms with van der Waals surface area (Å²) in [5.74, 6) is 0. The van der Waals surface area contributed by atoms with Gasteiger partial charge in [-0.15, -0.1) is 0 Å². The van der Waals surface area contributed by atoms with E-state index in [-0.39, 0.29) is 0 Å². The Bertz CT molecular complexity index is 155. The first kappa shape index (κ1) is 11.9. The van der Waals surface area contributed by atoms with E-state index in [1.807, 2.05) is 0 Å². The fraction of sp³-hybridized carbons (Fsp3) is 1.00. The summed E-state index contributed by atoms with van der Waals surface area (Å²) in [5, 5.41) is 0. The van der Waals surface area contributed by atoms with Crippen molar-refractivity contribution in [2.45, 2.75) is 31.8 Å². The van der Waals surface area contributed by atoms with Gasteiger partial charge in [-0.05, 0) is 33.4 Å². The van der Waals surface area contributed by atoms with Crippen LogP contribution < -0.4 is 5.48 Å². The molecule has 1 fully saturated rings. The Morgan fingerprint density at radius 3 is 2.86 bits per heavy atom. The largest absolute Gasteiger partial charge is 0.382 e. The highest BCUT2D eigenvalue weighted by Crippen LogP contribution is 2.14. The van der Waals surface area contributed by atoms with Gasteiger partial charge >= 0.3 is 0 Å². The molecular formula is C10H22N2O2. The molecule has 1 heterocycles. The lowest BCUT2D eigenvalue weighted by atomic mass is 10.00. The van der Waals surface area contributed by atoms with Crippen LogP contribution in [-0.2, 0) is 9.57 Å². The third kappa shape index (κ3) is 3.92. The molecular weight excluding hydrogens is 180 g/mol. The van der Waals surface area contributed by atoms with Gasteiger partial charge in [0.2, 0.25) is 0 Å². The summed E-state index contributed by atoms with van der Waals surface area (Å²) in [6.07, 6.45) is 2.32. The van der Waals surface area contributed by atoms with Crippen molar-refractivity contribution in [2.24, 2.45) is 0 Å². The van der Waals surface area contributed by atoms with Gasteiger partial charge in [-0.25, -0.2) is 0 Å². The number of nitrogens with zero attached hydrogens (tertiary/aromatic N) is 1. The molecule has 4 nitrogen and oxygen atoms in total. The van der Waals surface area contributed by atoms with Crippen LogP contribution in [0.2, 0.25) is 0 Å². The Labute approximate surface area is 86.5 Å². The first-order chi connectivity index (χ1) is 6.74. The second-order valence-corrected chi connectivity index (χ2v) is 4.01. The minimum Gasteiger partial charge on any atom is -0.382 e. The number of hydrogen-bond acceptors (Lipinski definition) is 4. The van der Waals surface area contributed by atoms with Gasteiger partial charge in [0.1, 0.15) is 0 Å². The van der Waals surface area contributed by atoms with Crippen molar-refractivity contribution in [3.63, 3.8) is 0 Å². The second-order valence-electron chi connectivity index (χ2n) is 4.01. The molecule has 0 amide bonds. The highest BCUT2D eigenvalue weighted by Gasteiger charge is 2.22. The van der Waals surface area contributed by atoms with Crippen LogP contribution in [0.5, 0.6) is 0 Å². The van der Waals surface area contributed by atoms with Crippen LogP contribution in [0.1, 0.15) is 19.8 Å². The molecule has 0 radical (unpaired) electrons.